The number of nitrogens with zero attached hydrogens (tertiary/aromatic N) is 3. The van der Waals surface area contributed by atoms with E-state index >= 15 is 0 Å². The normalized spacial score (nSPS) is 21.1. The molecule has 0 spiro atoms. The number of ether oxygens (including phenoxy) is 3. The maximum Gasteiger partial charge on any atom is 0.208 e. The van der Waals surface area contributed by atoms with Gasteiger partial charge in [-0.05, 0) is 25.3 Å². The van der Waals surface area contributed by atoms with E-state index in [1.165, 1.54) is 0 Å². The van der Waals surface area contributed by atoms with Crippen molar-refractivity contribution in [3.63, 3.8) is 0 Å². The van der Waals surface area contributed by atoms with E-state index in [4.69, 9.17) is 23.7 Å². The fourth-order valence-electron chi connectivity index (χ4n) is 4.87. The molecule has 2 aliphatic rings. The molecule has 2 aliphatic heterocycles. The SMILES string of the molecule is CCc1nn(CC(OC2CCOCC2)c2ccccc2OC)c2c(c1=O)C(C)C(c1ncco1)S2. The van der Waals surface area contributed by atoms with Gasteiger partial charge in [-0.1, -0.05) is 43.8 Å². The molecule has 0 aliphatic carbocycles. The Kier molecular flexibility index (Phi) is 7.27. The molecule has 1 aromatic carbocycles. The number of para-hydroxylation sites is 1. The van der Waals surface area contributed by atoms with Crippen molar-refractivity contribution in [1.29, 1.82) is 0 Å². The molecule has 0 bridgehead atoms. The minimum absolute atomic E-state index is 0.0204. The van der Waals surface area contributed by atoms with Crippen LogP contribution in [0.5, 0.6) is 5.75 Å². The van der Waals surface area contributed by atoms with Gasteiger partial charge in [0.2, 0.25) is 11.3 Å². The Hall–Kier alpha value is -2.62. The molecular weight excluding hydrogens is 466 g/mol. The first-order valence-corrected chi connectivity index (χ1v) is 13.0. The van der Waals surface area contributed by atoms with Gasteiger partial charge in [0.15, 0.2) is 0 Å². The number of hydrogen-bond donors (Lipinski definition) is 0. The van der Waals surface area contributed by atoms with E-state index in [1.54, 1.807) is 31.3 Å². The standard InChI is InChI=1S/C26H31N3O5S/c1-4-19-23(30)22-16(2)24(25-27-11-14-33-25)35-26(22)29(28-19)15-21(34-17-9-12-32-13-10-17)18-7-5-6-8-20(18)31-3/h5-8,11,14,16-17,21,24H,4,9-10,12-13,15H2,1-3H3. The van der Waals surface area contributed by atoms with Crippen LogP contribution in [0.3, 0.4) is 0 Å². The lowest BCUT2D eigenvalue weighted by molar-refractivity contribution is -0.0770. The first-order chi connectivity index (χ1) is 17.1. The smallest absolute Gasteiger partial charge is 0.208 e. The van der Waals surface area contributed by atoms with Crippen LogP contribution < -0.4 is 10.2 Å². The number of hydrogen-bond acceptors (Lipinski definition) is 8. The van der Waals surface area contributed by atoms with E-state index in [-0.39, 0.29) is 28.8 Å². The van der Waals surface area contributed by atoms with Crippen LogP contribution in [-0.2, 0) is 22.4 Å². The van der Waals surface area contributed by atoms with Gasteiger partial charge in [-0.2, -0.15) is 5.10 Å². The number of oxazole rings is 1. The summed E-state index contributed by atoms with van der Waals surface area (Å²) < 4.78 is 25.5. The van der Waals surface area contributed by atoms with Gasteiger partial charge >= 0.3 is 0 Å². The van der Waals surface area contributed by atoms with Crippen LogP contribution in [0.2, 0.25) is 0 Å². The third-order valence-corrected chi connectivity index (χ3v) is 8.26. The van der Waals surface area contributed by atoms with Crippen molar-refractivity contribution >= 4 is 11.8 Å². The van der Waals surface area contributed by atoms with Crippen LogP contribution >= 0.6 is 11.8 Å². The minimum Gasteiger partial charge on any atom is -0.496 e. The Bertz CT molecular complexity index is 1210. The van der Waals surface area contributed by atoms with E-state index in [0.717, 1.165) is 34.7 Å². The molecule has 186 valence electrons. The molecule has 0 radical (unpaired) electrons. The summed E-state index contributed by atoms with van der Waals surface area (Å²) in [5.74, 6) is 1.36. The minimum atomic E-state index is -0.297. The van der Waals surface area contributed by atoms with Crippen molar-refractivity contribution in [2.45, 2.75) is 68.1 Å². The lowest BCUT2D eigenvalue weighted by Gasteiger charge is -2.29. The van der Waals surface area contributed by atoms with Crippen LogP contribution in [0.1, 0.15) is 66.7 Å². The van der Waals surface area contributed by atoms with Gasteiger partial charge < -0.3 is 18.6 Å². The summed E-state index contributed by atoms with van der Waals surface area (Å²) in [6, 6.07) is 7.94. The highest BCUT2D eigenvalue weighted by molar-refractivity contribution is 7.99. The molecule has 3 unspecified atom stereocenters. The zero-order valence-electron chi connectivity index (χ0n) is 20.3. The zero-order valence-corrected chi connectivity index (χ0v) is 21.1. The first-order valence-electron chi connectivity index (χ1n) is 12.2. The number of fused-ring (bicyclic) bond motifs is 1. The van der Waals surface area contributed by atoms with E-state index in [2.05, 4.69) is 11.9 Å². The predicted molar refractivity (Wildman–Crippen MR) is 132 cm³/mol. The summed E-state index contributed by atoms with van der Waals surface area (Å²) in [6.07, 6.45) is 5.27. The Morgan fingerprint density at radius 2 is 2.06 bits per heavy atom. The van der Waals surface area contributed by atoms with Crippen LogP contribution in [-0.4, -0.2) is 41.2 Å². The van der Waals surface area contributed by atoms with Crippen molar-refractivity contribution in [1.82, 2.24) is 14.8 Å². The van der Waals surface area contributed by atoms with Gasteiger partial charge in [0.1, 0.15) is 28.8 Å². The first kappa shape index (κ1) is 24.1. The topological polar surface area (TPSA) is 88.6 Å². The summed E-state index contributed by atoms with van der Waals surface area (Å²) in [5.41, 5.74) is 2.34. The van der Waals surface area contributed by atoms with Gasteiger partial charge in [0.25, 0.3) is 0 Å². The highest BCUT2D eigenvalue weighted by atomic mass is 32.2. The molecule has 0 saturated carbocycles. The molecule has 8 nitrogen and oxygen atoms in total. The highest BCUT2D eigenvalue weighted by Crippen LogP contribution is 2.52. The van der Waals surface area contributed by atoms with Crippen LogP contribution in [0.4, 0.5) is 0 Å². The molecule has 1 fully saturated rings. The second kappa shape index (κ2) is 10.6. The maximum absolute atomic E-state index is 13.3. The molecule has 5 rings (SSSR count). The Balaban J connectivity index is 1.55. The lowest BCUT2D eigenvalue weighted by atomic mass is 9.98. The molecule has 1 saturated heterocycles. The largest absolute Gasteiger partial charge is 0.496 e. The molecule has 4 heterocycles. The van der Waals surface area contributed by atoms with Crippen molar-refractivity contribution in [3.05, 3.63) is 69.7 Å². The predicted octanol–water partition coefficient (Wildman–Crippen LogP) is 4.69. The Labute approximate surface area is 209 Å². The Morgan fingerprint density at radius 3 is 2.77 bits per heavy atom. The highest BCUT2D eigenvalue weighted by Gasteiger charge is 2.39. The molecule has 3 atom stereocenters. The third kappa shape index (κ3) is 4.77. The van der Waals surface area contributed by atoms with E-state index in [9.17, 15) is 4.79 Å². The summed E-state index contributed by atoms with van der Waals surface area (Å²) in [5, 5.41) is 5.60. The maximum atomic E-state index is 13.3. The summed E-state index contributed by atoms with van der Waals surface area (Å²) in [7, 11) is 1.67. The van der Waals surface area contributed by atoms with Crippen molar-refractivity contribution in [2.75, 3.05) is 20.3 Å². The van der Waals surface area contributed by atoms with Gasteiger partial charge in [-0.3, -0.25) is 9.48 Å². The summed E-state index contributed by atoms with van der Waals surface area (Å²) in [4.78, 5) is 17.7. The molecule has 0 amide bonds. The summed E-state index contributed by atoms with van der Waals surface area (Å²) >= 11 is 1.59. The molecule has 3 aromatic rings. The van der Waals surface area contributed by atoms with Crippen LogP contribution in [0.15, 0.2) is 51.0 Å². The number of aryl methyl sites for hydroxylation is 1. The van der Waals surface area contributed by atoms with Gasteiger partial charge in [-0.15, -0.1) is 0 Å². The summed E-state index contributed by atoms with van der Waals surface area (Å²) in [6.45, 7) is 5.88. The van der Waals surface area contributed by atoms with Crippen LogP contribution in [0, 0.1) is 0 Å². The quantitative estimate of drug-likeness (QED) is 0.443. The molecular formula is C26H31N3O5S. The number of methoxy groups -OCH3 is 1. The lowest BCUT2D eigenvalue weighted by Crippen LogP contribution is -2.29. The second-order valence-corrected chi connectivity index (χ2v) is 10.0. The monoisotopic (exact) mass is 497 g/mol. The number of benzene rings is 1. The number of thioether (sulfide) groups is 1. The van der Waals surface area contributed by atoms with E-state index in [1.807, 2.05) is 35.9 Å². The molecule has 0 N–H and O–H groups in total. The fourth-order valence-corrected chi connectivity index (χ4v) is 6.31. The van der Waals surface area contributed by atoms with E-state index in [0.29, 0.717) is 37.8 Å². The molecule has 9 heteroatoms. The third-order valence-electron chi connectivity index (χ3n) is 6.74. The van der Waals surface area contributed by atoms with Gasteiger partial charge in [0, 0.05) is 30.3 Å². The van der Waals surface area contributed by atoms with Gasteiger partial charge in [0.05, 0.1) is 31.2 Å². The van der Waals surface area contributed by atoms with Gasteiger partial charge in [-0.25, -0.2) is 4.98 Å². The second-order valence-electron chi connectivity index (χ2n) is 8.91. The number of rotatable bonds is 8. The van der Waals surface area contributed by atoms with Crippen LogP contribution in [0.25, 0.3) is 0 Å². The molecule has 2 aromatic heterocycles. The average Bonchev–Trinajstić information content (AvgIpc) is 3.54. The zero-order chi connectivity index (χ0) is 24.4. The molecule has 35 heavy (non-hydrogen) atoms. The van der Waals surface area contributed by atoms with Crippen molar-refractivity contribution < 1.29 is 18.6 Å². The number of aromatic nitrogens is 3. The van der Waals surface area contributed by atoms with Crippen molar-refractivity contribution in [2.24, 2.45) is 0 Å². The average molecular weight is 498 g/mol. The van der Waals surface area contributed by atoms with E-state index < -0.39 is 0 Å². The Morgan fingerprint density at radius 1 is 1.26 bits per heavy atom. The van der Waals surface area contributed by atoms with Crippen molar-refractivity contribution in [3.8, 4) is 5.75 Å². The fraction of sp³-hybridized carbons (Fsp3) is 0.500.